The summed E-state index contributed by atoms with van der Waals surface area (Å²) in [6.45, 7) is 1.45. The summed E-state index contributed by atoms with van der Waals surface area (Å²) >= 11 is 1.45. The van der Waals surface area contributed by atoms with E-state index in [0.717, 1.165) is 25.1 Å². The van der Waals surface area contributed by atoms with Gasteiger partial charge in [-0.2, -0.15) is 15.0 Å². The molecule has 0 radical (unpaired) electrons. The van der Waals surface area contributed by atoms with E-state index in [1.54, 1.807) is 4.68 Å². The van der Waals surface area contributed by atoms with Crippen molar-refractivity contribution in [3.05, 3.63) is 36.2 Å². The van der Waals surface area contributed by atoms with E-state index < -0.39 is 0 Å². The van der Waals surface area contributed by atoms with E-state index >= 15 is 0 Å². The number of hydrogen-bond donors (Lipinski definition) is 2. The monoisotopic (exact) mass is 385 g/mol. The number of nitrogens with two attached hydrogens (primary N) is 1. The lowest BCUT2D eigenvalue weighted by atomic mass is 10.2. The van der Waals surface area contributed by atoms with E-state index in [0.29, 0.717) is 29.2 Å². The SMILES string of the molecule is Nc1nc(CSc2nnnn2C[C@H]2CCCO2)nc(Nc2ccccc2)n1. The van der Waals surface area contributed by atoms with E-state index in [2.05, 4.69) is 35.8 Å². The van der Waals surface area contributed by atoms with Crippen LogP contribution in [0.4, 0.5) is 17.6 Å². The first kappa shape index (κ1) is 17.6. The topological polar surface area (TPSA) is 130 Å². The van der Waals surface area contributed by atoms with Crippen molar-refractivity contribution in [2.75, 3.05) is 17.7 Å². The summed E-state index contributed by atoms with van der Waals surface area (Å²) in [5, 5.41) is 15.7. The van der Waals surface area contributed by atoms with Crippen LogP contribution in [0.15, 0.2) is 35.5 Å². The fraction of sp³-hybridized carbons (Fsp3) is 0.375. The lowest BCUT2D eigenvalue weighted by Gasteiger charge is -2.10. The van der Waals surface area contributed by atoms with E-state index in [4.69, 9.17) is 10.5 Å². The van der Waals surface area contributed by atoms with Gasteiger partial charge in [-0.25, -0.2) is 4.68 Å². The van der Waals surface area contributed by atoms with Crippen molar-refractivity contribution >= 4 is 29.3 Å². The molecule has 1 saturated heterocycles. The van der Waals surface area contributed by atoms with E-state index in [9.17, 15) is 0 Å². The Hall–Kier alpha value is -2.79. The maximum atomic E-state index is 5.83. The molecule has 1 aliphatic heterocycles. The van der Waals surface area contributed by atoms with Crippen LogP contribution in [-0.2, 0) is 17.0 Å². The van der Waals surface area contributed by atoms with Crippen molar-refractivity contribution in [1.29, 1.82) is 0 Å². The minimum absolute atomic E-state index is 0.165. The number of ether oxygens (including phenoxy) is 1. The number of benzene rings is 1. The van der Waals surface area contributed by atoms with Gasteiger partial charge in [0.15, 0.2) is 0 Å². The van der Waals surface area contributed by atoms with E-state index in [1.807, 2.05) is 30.3 Å². The van der Waals surface area contributed by atoms with Crippen molar-refractivity contribution in [2.24, 2.45) is 0 Å². The number of nitrogen functional groups attached to an aromatic ring is 1. The molecule has 0 spiro atoms. The normalized spacial score (nSPS) is 16.5. The van der Waals surface area contributed by atoms with Gasteiger partial charge in [-0.15, -0.1) is 5.10 Å². The van der Waals surface area contributed by atoms with Crippen molar-refractivity contribution < 1.29 is 4.74 Å². The number of para-hydroxylation sites is 1. The van der Waals surface area contributed by atoms with Crippen LogP contribution in [0.1, 0.15) is 18.7 Å². The zero-order chi connectivity index (χ0) is 18.5. The summed E-state index contributed by atoms with van der Waals surface area (Å²) in [5.41, 5.74) is 6.70. The second-order valence-corrected chi connectivity index (χ2v) is 6.93. The Bertz CT molecular complexity index is 883. The maximum Gasteiger partial charge on any atom is 0.232 e. The second-order valence-electron chi connectivity index (χ2n) is 5.99. The highest BCUT2D eigenvalue weighted by Gasteiger charge is 2.19. The molecule has 3 N–H and O–H groups in total. The summed E-state index contributed by atoms with van der Waals surface area (Å²) < 4.78 is 7.41. The van der Waals surface area contributed by atoms with Gasteiger partial charge in [0.05, 0.1) is 18.4 Å². The van der Waals surface area contributed by atoms with Crippen molar-refractivity contribution in [2.45, 2.75) is 36.4 Å². The predicted molar refractivity (Wildman–Crippen MR) is 100 cm³/mol. The van der Waals surface area contributed by atoms with Crippen LogP contribution in [0.5, 0.6) is 0 Å². The Kier molecular flexibility index (Phi) is 5.39. The molecule has 2 aromatic heterocycles. The standard InChI is InChI=1S/C16H19N9OS/c17-14-19-13(20-15(21-14)18-11-5-2-1-3-6-11)10-27-16-22-23-24-25(16)9-12-7-4-8-26-12/h1-3,5-6,12H,4,7-10H2,(H3,17,18,19,20,21)/t12-/m1/s1. The van der Waals surface area contributed by atoms with Gasteiger partial charge in [-0.3, -0.25) is 0 Å². The lowest BCUT2D eigenvalue weighted by Crippen LogP contribution is -2.17. The fourth-order valence-electron chi connectivity index (χ4n) is 2.73. The second kappa shape index (κ2) is 8.27. The summed E-state index contributed by atoms with van der Waals surface area (Å²) in [4.78, 5) is 12.8. The van der Waals surface area contributed by atoms with Gasteiger partial charge in [-0.1, -0.05) is 30.0 Å². The summed E-state index contributed by atoms with van der Waals surface area (Å²) in [6, 6.07) is 9.64. The number of aromatic nitrogens is 7. The molecule has 0 saturated carbocycles. The molecule has 0 bridgehead atoms. The Balaban J connectivity index is 1.42. The van der Waals surface area contributed by atoms with Crippen LogP contribution in [-0.4, -0.2) is 47.9 Å². The zero-order valence-corrected chi connectivity index (χ0v) is 15.3. The molecule has 1 fully saturated rings. The first-order valence-corrected chi connectivity index (χ1v) is 9.58. The van der Waals surface area contributed by atoms with Gasteiger partial charge >= 0.3 is 0 Å². The average molecular weight is 385 g/mol. The minimum atomic E-state index is 0.165. The molecule has 0 amide bonds. The van der Waals surface area contributed by atoms with E-state index in [-0.39, 0.29) is 12.1 Å². The number of anilines is 3. The maximum absolute atomic E-state index is 5.83. The molecule has 3 heterocycles. The molecule has 0 unspecified atom stereocenters. The molecule has 10 nitrogen and oxygen atoms in total. The summed E-state index contributed by atoms with van der Waals surface area (Å²) in [5.74, 6) is 1.60. The Morgan fingerprint density at radius 3 is 2.93 bits per heavy atom. The van der Waals surface area contributed by atoms with Crippen LogP contribution in [0.2, 0.25) is 0 Å². The van der Waals surface area contributed by atoms with Gasteiger partial charge in [0.1, 0.15) is 5.82 Å². The highest BCUT2D eigenvalue weighted by Crippen LogP contribution is 2.22. The Morgan fingerprint density at radius 2 is 2.11 bits per heavy atom. The first-order valence-electron chi connectivity index (χ1n) is 8.59. The molecule has 1 aromatic carbocycles. The van der Waals surface area contributed by atoms with Gasteiger partial charge in [0, 0.05) is 12.3 Å². The predicted octanol–water partition coefficient (Wildman–Crippen LogP) is 1.66. The van der Waals surface area contributed by atoms with Crippen LogP contribution in [0.3, 0.4) is 0 Å². The smallest absolute Gasteiger partial charge is 0.232 e. The molecule has 27 heavy (non-hydrogen) atoms. The number of hydrogen-bond acceptors (Lipinski definition) is 10. The molecule has 1 aliphatic rings. The molecule has 1 atom stereocenters. The largest absolute Gasteiger partial charge is 0.376 e. The number of thioether (sulfide) groups is 1. The third-order valence-corrected chi connectivity index (χ3v) is 4.91. The fourth-order valence-corrected chi connectivity index (χ4v) is 3.48. The lowest BCUT2D eigenvalue weighted by molar-refractivity contribution is 0.0912. The van der Waals surface area contributed by atoms with Gasteiger partial charge < -0.3 is 15.8 Å². The van der Waals surface area contributed by atoms with Gasteiger partial charge in [0.25, 0.3) is 0 Å². The number of tetrazole rings is 1. The Morgan fingerprint density at radius 1 is 1.22 bits per heavy atom. The van der Waals surface area contributed by atoms with E-state index in [1.165, 1.54) is 11.8 Å². The van der Waals surface area contributed by atoms with Crippen LogP contribution in [0, 0.1) is 0 Å². The average Bonchev–Trinajstić information content (AvgIpc) is 3.33. The number of rotatable bonds is 7. The van der Waals surface area contributed by atoms with Crippen LogP contribution in [0.25, 0.3) is 0 Å². The molecule has 4 rings (SSSR count). The summed E-state index contributed by atoms with van der Waals surface area (Å²) in [7, 11) is 0. The quantitative estimate of drug-likeness (QED) is 0.579. The molecular formula is C16H19N9OS. The summed E-state index contributed by atoms with van der Waals surface area (Å²) in [6.07, 6.45) is 2.28. The van der Waals surface area contributed by atoms with Gasteiger partial charge in [0.2, 0.25) is 17.1 Å². The molecular weight excluding hydrogens is 366 g/mol. The first-order chi connectivity index (χ1) is 13.3. The highest BCUT2D eigenvalue weighted by atomic mass is 32.2. The van der Waals surface area contributed by atoms with Crippen LogP contribution >= 0.6 is 11.8 Å². The third-order valence-electron chi connectivity index (χ3n) is 3.96. The zero-order valence-electron chi connectivity index (χ0n) is 14.5. The minimum Gasteiger partial charge on any atom is -0.376 e. The number of nitrogens with zero attached hydrogens (tertiary/aromatic N) is 7. The van der Waals surface area contributed by atoms with Crippen molar-refractivity contribution in [3.63, 3.8) is 0 Å². The highest BCUT2D eigenvalue weighted by molar-refractivity contribution is 7.98. The molecule has 140 valence electrons. The van der Waals surface area contributed by atoms with Crippen LogP contribution < -0.4 is 11.1 Å². The van der Waals surface area contributed by atoms with Gasteiger partial charge in [-0.05, 0) is 35.4 Å². The molecule has 0 aliphatic carbocycles. The number of nitrogens with one attached hydrogen (secondary N) is 1. The molecule has 3 aromatic rings. The molecule has 11 heteroatoms. The van der Waals surface area contributed by atoms with Crippen molar-refractivity contribution in [3.8, 4) is 0 Å². The third kappa shape index (κ3) is 4.68. The van der Waals surface area contributed by atoms with Crippen molar-refractivity contribution in [1.82, 2.24) is 35.2 Å². The Labute approximate surface area is 159 Å².